The van der Waals surface area contributed by atoms with Crippen LogP contribution in [0.5, 0.6) is 0 Å². The van der Waals surface area contributed by atoms with Gasteiger partial charge in [-0.1, -0.05) is 133 Å². The Morgan fingerprint density at radius 1 is 0.859 bits per heavy atom. The van der Waals surface area contributed by atoms with Gasteiger partial charge in [0, 0.05) is 44.3 Å². The molecule has 15 heteroatoms. The molecule has 0 radical (unpaired) electrons. The first kappa shape index (κ1) is 53.3. The number of rotatable bonds is 22. The van der Waals surface area contributed by atoms with Crippen molar-refractivity contribution < 1.29 is 38.2 Å². The Morgan fingerprint density at radius 2 is 1.51 bits per heavy atom. The molecule has 71 heavy (non-hydrogen) atoms. The van der Waals surface area contributed by atoms with Crippen LogP contribution in [0.25, 0.3) is 11.1 Å². The molecule has 0 spiro atoms. The lowest BCUT2D eigenvalue weighted by Gasteiger charge is -2.43. The van der Waals surface area contributed by atoms with Gasteiger partial charge in [-0.2, -0.15) is 0 Å². The van der Waals surface area contributed by atoms with Crippen molar-refractivity contribution in [2.75, 3.05) is 34.4 Å². The minimum Gasteiger partial charge on any atom is -0.449 e. The number of thiazole rings is 1. The van der Waals surface area contributed by atoms with Gasteiger partial charge in [0.1, 0.15) is 17.2 Å². The van der Waals surface area contributed by atoms with Gasteiger partial charge in [-0.3, -0.25) is 29.4 Å². The van der Waals surface area contributed by atoms with E-state index in [-0.39, 0.29) is 54.7 Å². The highest BCUT2D eigenvalue weighted by Gasteiger charge is 2.47. The van der Waals surface area contributed by atoms with Crippen LogP contribution in [-0.2, 0) is 39.8 Å². The fourth-order valence-corrected chi connectivity index (χ4v) is 12.3. The highest BCUT2D eigenvalue weighted by atomic mass is 32.1. The number of imide groups is 1. The zero-order valence-corrected chi connectivity index (χ0v) is 43.5. The highest BCUT2D eigenvalue weighted by Crippen LogP contribution is 2.44. The second-order valence-electron chi connectivity index (χ2n) is 20.2. The van der Waals surface area contributed by atoms with Gasteiger partial charge < -0.3 is 29.7 Å². The lowest BCUT2D eigenvalue weighted by Crippen LogP contribution is -2.63. The van der Waals surface area contributed by atoms with E-state index in [1.54, 1.807) is 20.4 Å². The normalized spacial score (nSPS) is 19.2. The van der Waals surface area contributed by atoms with Crippen LogP contribution >= 0.6 is 11.3 Å². The molecule has 1 aromatic heterocycles. The number of hydrogen-bond donors (Lipinski definition) is 3. The number of likely N-dealkylation sites (N-methyl/N-ethyl adjacent to an activating group) is 1. The third kappa shape index (κ3) is 12.1. The number of alkyl carbamates (subject to hydrolysis) is 1. The second-order valence-corrected chi connectivity index (χ2v) is 21.1. The van der Waals surface area contributed by atoms with Crippen molar-refractivity contribution in [2.45, 2.75) is 140 Å². The minimum atomic E-state index is -1.31. The first-order valence-corrected chi connectivity index (χ1v) is 26.4. The molecule has 3 aliphatic rings. The maximum Gasteiger partial charge on any atom is 0.408 e. The Bertz CT molecular complexity index is 2380. The summed E-state index contributed by atoms with van der Waals surface area (Å²) in [5, 5.41) is 11.6. The number of carbonyl (C=O) groups is 5. The first-order chi connectivity index (χ1) is 34.2. The SMILES string of the molecule is CC[C@H](C)[C@@H]([C@@H](CC(=O)N1CCC[C@H]1[C@H](OC)[C@@H](C)C(=O)N[C@@H](Cc1ccccc1)c1nccs1)OC)N(C)[C@H](C(=O)NC(=O)C1(NC(=O)OCC2c3ccccc3-c3ccccc32)CCCC1)C(C)C. The molecule has 0 unspecified atom stereocenters. The monoisotopic (exact) mass is 991 g/mol. The van der Waals surface area contributed by atoms with Crippen molar-refractivity contribution in [1.29, 1.82) is 0 Å². The predicted molar refractivity (Wildman–Crippen MR) is 275 cm³/mol. The van der Waals surface area contributed by atoms with Crippen LogP contribution < -0.4 is 16.0 Å². The number of carbonyl (C=O) groups excluding carboxylic acids is 5. The van der Waals surface area contributed by atoms with Gasteiger partial charge in [0.25, 0.3) is 5.91 Å². The van der Waals surface area contributed by atoms with Crippen LogP contribution in [0.3, 0.4) is 0 Å². The van der Waals surface area contributed by atoms with Gasteiger partial charge >= 0.3 is 6.09 Å². The van der Waals surface area contributed by atoms with E-state index in [9.17, 15) is 24.0 Å². The Labute approximate surface area is 424 Å². The molecule has 2 fully saturated rings. The van der Waals surface area contributed by atoms with Gasteiger partial charge in [-0.05, 0) is 78.8 Å². The van der Waals surface area contributed by atoms with Crippen molar-refractivity contribution in [3.8, 4) is 11.1 Å². The molecule has 1 aliphatic heterocycles. The molecule has 1 saturated carbocycles. The molecule has 14 nitrogen and oxygen atoms in total. The number of aromatic nitrogens is 1. The summed E-state index contributed by atoms with van der Waals surface area (Å²) in [4.78, 5) is 79.5. The lowest BCUT2D eigenvalue weighted by atomic mass is 9.87. The van der Waals surface area contributed by atoms with Crippen molar-refractivity contribution in [3.05, 3.63) is 112 Å². The first-order valence-electron chi connectivity index (χ1n) is 25.5. The van der Waals surface area contributed by atoms with Crippen LogP contribution in [0.1, 0.15) is 120 Å². The largest absolute Gasteiger partial charge is 0.449 e. The topological polar surface area (TPSA) is 168 Å². The molecule has 1 saturated heterocycles. The molecule has 0 bridgehead atoms. The number of amides is 5. The van der Waals surface area contributed by atoms with Crippen molar-refractivity contribution in [3.63, 3.8) is 0 Å². The number of ether oxygens (including phenoxy) is 3. The van der Waals surface area contributed by atoms with Crippen molar-refractivity contribution in [1.82, 2.24) is 30.7 Å². The zero-order valence-electron chi connectivity index (χ0n) is 42.7. The predicted octanol–water partition coefficient (Wildman–Crippen LogP) is 8.46. The summed E-state index contributed by atoms with van der Waals surface area (Å²) in [6.45, 7) is 10.5. The van der Waals surface area contributed by atoms with E-state index in [4.69, 9.17) is 14.2 Å². The highest BCUT2D eigenvalue weighted by molar-refractivity contribution is 7.09. The quantitative estimate of drug-likeness (QED) is 0.0695. The maximum absolute atomic E-state index is 14.6. The number of likely N-dealkylation sites (tertiary alicyclic amines) is 1. The van der Waals surface area contributed by atoms with Gasteiger partial charge in [0.05, 0.1) is 42.7 Å². The average molecular weight is 991 g/mol. The molecule has 2 aliphatic carbocycles. The molecular formula is C56H74N6O8S. The van der Waals surface area contributed by atoms with Crippen LogP contribution in [0.15, 0.2) is 90.4 Å². The van der Waals surface area contributed by atoms with E-state index in [0.29, 0.717) is 45.1 Å². The Hall–Kier alpha value is -5.48. The zero-order chi connectivity index (χ0) is 50.8. The molecule has 8 atom stereocenters. The number of fused-ring (bicyclic) bond motifs is 3. The smallest absolute Gasteiger partial charge is 0.408 e. The van der Waals surface area contributed by atoms with Crippen molar-refractivity contribution in [2.24, 2.45) is 17.8 Å². The number of nitrogens with zero attached hydrogens (tertiary/aromatic N) is 3. The average Bonchev–Trinajstić information content (AvgIpc) is 4.22. The minimum absolute atomic E-state index is 0.0228. The van der Waals surface area contributed by atoms with Gasteiger partial charge in [0.2, 0.25) is 17.7 Å². The molecule has 3 N–H and O–H groups in total. The van der Waals surface area contributed by atoms with E-state index in [1.165, 1.54) is 11.3 Å². The number of nitrogens with one attached hydrogen (secondary N) is 3. The fourth-order valence-electron chi connectivity index (χ4n) is 11.6. The molecule has 7 rings (SSSR count). The Morgan fingerprint density at radius 3 is 2.10 bits per heavy atom. The lowest BCUT2D eigenvalue weighted by molar-refractivity contribution is -0.144. The Kier molecular flexibility index (Phi) is 18.2. The summed E-state index contributed by atoms with van der Waals surface area (Å²) < 4.78 is 18.2. The summed E-state index contributed by atoms with van der Waals surface area (Å²) in [6, 6.07) is 24.4. The van der Waals surface area contributed by atoms with Gasteiger partial charge in [0.15, 0.2) is 0 Å². The summed E-state index contributed by atoms with van der Waals surface area (Å²) in [7, 11) is 5.05. The molecule has 4 aromatic rings. The van der Waals surface area contributed by atoms with Crippen LogP contribution in [0.2, 0.25) is 0 Å². The third-order valence-electron chi connectivity index (χ3n) is 15.4. The summed E-state index contributed by atoms with van der Waals surface area (Å²) >= 11 is 1.50. The molecule has 382 valence electrons. The van der Waals surface area contributed by atoms with Crippen LogP contribution in [-0.4, -0.2) is 115 Å². The van der Waals surface area contributed by atoms with E-state index in [0.717, 1.165) is 45.7 Å². The summed E-state index contributed by atoms with van der Waals surface area (Å²) in [6.07, 6.45) is 4.78. The fraction of sp³-hybridized carbons (Fsp3) is 0.536. The third-order valence-corrected chi connectivity index (χ3v) is 16.3. The molecule has 3 aromatic carbocycles. The molecule has 5 amide bonds. The number of methoxy groups -OCH3 is 2. The van der Waals surface area contributed by atoms with E-state index in [2.05, 4.69) is 59.0 Å². The standard InChI is InChI=1S/C56H74N6O8S/c1-9-36(4)49(46(68-7)33-47(63)62-30-19-26-45(62)50(69-8)37(5)51(64)58-44(53-57-29-31-71-53)32-38-20-11-10-12-21-38)61(6)48(35(2)3)52(65)59-54(66)56(27-17-18-28-56)60-55(67)70-34-43-41-24-15-13-22-39(41)40-23-14-16-25-42(40)43/h10-16,20-25,29,31,35-37,43-46,48-50H,9,17-19,26-28,30,32-34H2,1-8H3,(H,58,64)(H,60,67)(H,59,65,66)/t36-,37+,44-,45-,46+,48-,49-,50+/m0/s1. The number of benzene rings is 3. The van der Waals surface area contributed by atoms with Crippen molar-refractivity contribution >= 4 is 41.1 Å². The van der Waals surface area contributed by atoms with E-state index in [1.807, 2.05) is 97.6 Å². The van der Waals surface area contributed by atoms with E-state index >= 15 is 0 Å². The summed E-state index contributed by atoms with van der Waals surface area (Å²) in [5.74, 6) is -2.34. The molecule has 2 heterocycles. The molecular weight excluding hydrogens is 917 g/mol. The van der Waals surface area contributed by atoms with Gasteiger partial charge in [-0.25, -0.2) is 9.78 Å². The number of hydrogen-bond acceptors (Lipinski definition) is 11. The Balaban J connectivity index is 1.00. The summed E-state index contributed by atoms with van der Waals surface area (Å²) in [5.41, 5.74) is 4.17. The van der Waals surface area contributed by atoms with Gasteiger partial charge in [-0.15, -0.1) is 11.3 Å². The second kappa shape index (κ2) is 24.3. The van der Waals surface area contributed by atoms with Crippen LogP contribution in [0, 0.1) is 17.8 Å². The van der Waals surface area contributed by atoms with Crippen LogP contribution in [0.4, 0.5) is 4.79 Å². The van der Waals surface area contributed by atoms with E-state index < -0.39 is 53.7 Å². The maximum atomic E-state index is 14.6.